The molecule has 2 rings (SSSR count). The van der Waals surface area contributed by atoms with Crippen LogP contribution in [0.2, 0.25) is 0 Å². The van der Waals surface area contributed by atoms with Crippen LogP contribution in [-0.4, -0.2) is 18.2 Å². The Morgan fingerprint density at radius 1 is 1.55 bits per heavy atom. The van der Waals surface area contributed by atoms with Gasteiger partial charge in [0.1, 0.15) is 5.60 Å². The summed E-state index contributed by atoms with van der Waals surface area (Å²) in [6, 6.07) is 0. The second-order valence-corrected chi connectivity index (χ2v) is 4.15. The maximum atomic E-state index is 10.9. The molecule has 1 heterocycles. The summed E-state index contributed by atoms with van der Waals surface area (Å²) < 4.78 is 5.21. The summed E-state index contributed by atoms with van der Waals surface area (Å²) in [5.41, 5.74) is -0.0402. The predicted molar refractivity (Wildman–Crippen MR) is 40.2 cm³/mol. The Labute approximate surface area is 66.1 Å². The molecular formula is C8H13NO2. The molecule has 1 aliphatic carbocycles. The van der Waals surface area contributed by atoms with Crippen LogP contribution in [0.3, 0.4) is 0 Å². The molecule has 0 radical (unpaired) electrons. The highest BCUT2D eigenvalue weighted by atomic mass is 16.6. The third-order valence-corrected chi connectivity index (χ3v) is 3.49. The van der Waals surface area contributed by atoms with E-state index in [1.165, 1.54) is 0 Å². The third kappa shape index (κ3) is 0.613. The molecule has 3 heteroatoms. The van der Waals surface area contributed by atoms with E-state index in [0.29, 0.717) is 5.92 Å². The van der Waals surface area contributed by atoms with Crippen molar-refractivity contribution in [1.82, 2.24) is 5.32 Å². The van der Waals surface area contributed by atoms with E-state index in [4.69, 9.17) is 4.74 Å². The van der Waals surface area contributed by atoms with Gasteiger partial charge in [-0.15, -0.1) is 0 Å². The number of carbonyl (C=O) groups is 1. The van der Waals surface area contributed by atoms with Crippen LogP contribution in [0.5, 0.6) is 0 Å². The van der Waals surface area contributed by atoms with E-state index < -0.39 is 0 Å². The number of hydrogen-bond acceptors (Lipinski definition) is 2. The summed E-state index contributed by atoms with van der Waals surface area (Å²) in [5, 5.41) is 2.69. The number of rotatable bonds is 0. The molecule has 1 saturated heterocycles. The molecule has 0 aromatic carbocycles. The Bertz CT molecular complexity index is 224. The van der Waals surface area contributed by atoms with Crippen LogP contribution in [0.25, 0.3) is 0 Å². The monoisotopic (exact) mass is 155 g/mol. The molecule has 2 unspecified atom stereocenters. The van der Waals surface area contributed by atoms with Crippen molar-refractivity contribution < 1.29 is 9.53 Å². The standard InChI is InChI=1S/C8H13NO2/c1-7(2)5-4-9-6(10)11-8(5,7)3/h5H,4H2,1-3H3,(H,9,10). The summed E-state index contributed by atoms with van der Waals surface area (Å²) >= 11 is 0. The molecule has 0 aromatic heterocycles. The van der Waals surface area contributed by atoms with Gasteiger partial charge in [0.05, 0.1) is 0 Å². The van der Waals surface area contributed by atoms with Crippen LogP contribution in [0, 0.1) is 11.3 Å². The zero-order chi connectivity index (χ0) is 8.28. The number of ether oxygens (including phenoxy) is 1. The number of nitrogens with one attached hydrogen (secondary N) is 1. The van der Waals surface area contributed by atoms with E-state index in [2.05, 4.69) is 19.2 Å². The first-order valence-corrected chi connectivity index (χ1v) is 3.95. The summed E-state index contributed by atoms with van der Waals surface area (Å²) in [6.45, 7) is 7.05. The Morgan fingerprint density at radius 3 is 2.64 bits per heavy atom. The first-order valence-electron chi connectivity index (χ1n) is 3.95. The highest BCUT2D eigenvalue weighted by molar-refractivity contribution is 5.70. The van der Waals surface area contributed by atoms with Gasteiger partial charge in [0.2, 0.25) is 0 Å². The molecule has 1 N–H and O–H groups in total. The fraction of sp³-hybridized carbons (Fsp3) is 0.875. The molecule has 2 fully saturated rings. The van der Waals surface area contributed by atoms with E-state index in [1.54, 1.807) is 0 Å². The maximum Gasteiger partial charge on any atom is 0.407 e. The van der Waals surface area contributed by atoms with Gasteiger partial charge >= 0.3 is 6.09 Å². The van der Waals surface area contributed by atoms with Gasteiger partial charge in [-0.25, -0.2) is 4.79 Å². The van der Waals surface area contributed by atoms with Gasteiger partial charge < -0.3 is 10.1 Å². The Hall–Kier alpha value is -0.730. The lowest BCUT2D eigenvalue weighted by atomic mass is 10.1. The minimum Gasteiger partial charge on any atom is -0.442 e. The van der Waals surface area contributed by atoms with Crippen molar-refractivity contribution in [2.24, 2.45) is 11.3 Å². The lowest BCUT2D eigenvalue weighted by Crippen LogP contribution is -2.38. The van der Waals surface area contributed by atoms with Crippen LogP contribution in [-0.2, 0) is 4.74 Å². The van der Waals surface area contributed by atoms with Crippen LogP contribution in [0.4, 0.5) is 4.79 Å². The van der Waals surface area contributed by atoms with Gasteiger partial charge in [-0.05, 0) is 6.92 Å². The first-order chi connectivity index (χ1) is 4.98. The summed E-state index contributed by atoms with van der Waals surface area (Å²) in [6.07, 6.45) is -0.269. The van der Waals surface area contributed by atoms with Crippen LogP contribution in [0.15, 0.2) is 0 Å². The number of carbonyl (C=O) groups excluding carboxylic acids is 1. The SMILES string of the molecule is CC1(C)C2CNC(=O)OC21C. The molecule has 2 aliphatic rings. The van der Waals surface area contributed by atoms with Crippen molar-refractivity contribution in [2.45, 2.75) is 26.4 Å². The van der Waals surface area contributed by atoms with Crippen molar-refractivity contribution in [3.8, 4) is 0 Å². The van der Waals surface area contributed by atoms with Gasteiger partial charge in [0, 0.05) is 17.9 Å². The van der Waals surface area contributed by atoms with Crippen LogP contribution in [0.1, 0.15) is 20.8 Å². The highest BCUT2D eigenvalue weighted by Crippen LogP contribution is 2.64. The number of hydrogen-bond donors (Lipinski definition) is 1. The molecule has 1 aliphatic heterocycles. The molecule has 0 spiro atoms. The summed E-state index contributed by atoms with van der Waals surface area (Å²) in [4.78, 5) is 10.9. The average Bonchev–Trinajstić information content (AvgIpc) is 2.26. The quantitative estimate of drug-likeness (QED) is 0.569. The van der Waals surface area contributed by atoms with E-state index in [1.807, 2.05) is 6.92 Å². The number of amides is 1. The van der Waals surface area contributed by atoms with E-state index >= 15 is 0 Å². The maximum absolute atomic E-state index is 10.9. The third-order valence-electron chi connectivity index (χ3n) is 3.49. The van der Waals surface area contributed by atoms with Crippen LogP contribution < -0.4 is 5.32 Å². The lowest BCUT2D eigenvalue weighted by Gasteiger charge is -2.19. The topological polar surface area (TPSA) is 38.3 Å². The van der Waals surface area contributed by atoms with Crippen LogP contribution >= 0.6 is 0 Å². The largest absolute Gasteiger partial charge is 0.442 e. The van der Waals surface area contributed by atoms with Gasteiger partial charge in [0.25, 0.3) is 0 Å². The van der Waals surface area contributed by atoms with E-state index in [9.17, 15) is 4.79 Å². The molecule has 0 bridgehead atoms. The lowest BCUT2D eigenvalue weighted by molar-refractivity contribution is 0.0547. The minimum atomic E-state index is -0.269. The smallest absolute Gasteiger partial charge is 0.407 e. The van der Waals surface area contributed by atoms with E-state index in [-0.39, 0.29) is 17.1 Å². The van der Waals surface area contributed by atoms with Crippen molar-refractivity contribution >= 4 is 6.09 Å². The van der Waals surface area contributed by atoms with Gasteiger partial charge in [-0.2, -0.15) is 0 Å². The zero-order valence-electron chi connectivity index (χ0n) is 7.10. The molecule has 2 atom stereocenters. The Kier molecular flexibility index (Phi) is 0.975. The van der Waals surface area contributed by atoms with Gasteiger partial charge in [-0.3, -0.25) is 0 Å². The van der Waals surface area contributed by atoms with Gasteiger partial charge in [-0.1, -0.05) is 13.8 Å². The van der Waals surface area contributed by atoms with Crippen molar-refractivity contribution in [3.05, 3.63) is 0 Å². The zero-order valence-corrected chi connectivity index (χ0v) is 7.10. The minimum absolute atomic E-state index is 0.159. The number of fused-ring (bicyclic) bond motifs is 1. The molecule has 0 aromatic rings. The average molecular weight is 155 g/mol. The van der Waals surface area contributed by atoms with Crippen molar-refractivity contribution in [3.63, 3.8) is 0 Å². The van der Waals surface area contributed by atoms with Gasteiger partial charge in [0.15, 0.2) is 0 Å². The predicted octanol–water partition coefficient (Wildman–Crippen LogP) is 1.14. The molecule has 1 saturated carbocycles. The fourth-order valence-corrected chi connectivity index (χ4v) is 2.13. The fourth-order valence-electron chi connectivity index (χ4n) is 2.13. The summed E-state index contributed by atoms with van der Waals surface area (Å²) in [5.74, 6) is 0.493. The second-order valence-electron chi connectivity index (χ2n) is 4.15. The molecule has 1 amide bonds. The number of alkyl carbamates (subject to hydrolysis) is 1. The summed E-state index contributed by atoms with van der Waals surface area (Å²) in [7, 11) is 0. The molecule has 11 heavy (non-hydrogen) atoms. The van der Waals surface area contributed by atoms with Crippen molar-refractivity contribution in [2.75, 3.05) is 6.54 Å². The Balaban J connectivity index is 2.23. The molecular weight excluding hydrogens is 142 g/mol. The Morgan fingerprint density at radius 2 is 2.18 bits per heavy atom. The van der Waals surface area contributed by atoms with Crippen molar-refractivity contribution in [1.29, 1.82) is 0 Å². The normalized spacial score (nSPS) is 45.4. The molecule has 3 nitrogen and oxygen atoms in total. The second kappa shape index (κ2) is 1.54. The highest BCUT2D eigenvalue weighted by Gasteiger charge is 2.72. The first kappa shape index (κ1) is 6.95. The molecule has 62 valence electrons. The van der Waals surface area contributed by atoms with E-state index in [0.717, 1.165) is 6.54 Å².